The normalized spacial score (nSPS) is 12.5. The van der Waals surface area contributed by atoms with Gasteiger partial charge >= 0.3 is 5.97 Å². The number of likely N-dealkylation sites (tertiary alicyclic amines) is 1. The van der Waals surface area contributed by atoms with Gasteiger partial charge in [0.25, 0.3) is 0 Å². The third-order valence-corrected chi connectivity index (χ3v) is 5.18. The van der Waals surface area contributed by atoms with E-state index in [9.17, 15) is 14.4 Å². The van der Waals surface area contributed by atoms with Gasteiger partial charge in [-0.15, -0.1) is 0 Å². The smallest absolute Gasteiger partial charge is 0.326 e. The number of imidazole rings is 1. The third-order valence-electron chi connectivity index (χ3n) is 4.53. The zero-order valence-electron chi connectivity index (χ0n) is 23.1. The first-order valence-corrected chi connectivity index (χ1v) is 14.2. The second kappa shape index (κ2) is 30.0. The van der Waals surface area contributed by atoms with Crippen molar-refractivity contribution in [2.24, 2.45) is 0 Å². The Bertz CT molecular complexity index is 580. The van der Waals surface area contributed by atoms with E-state index in [1.807, 2.05) is 34.0 Å². The monoisotopic (exact) mass is 517 g/mol. The third kappa shape index (κ3) is 24.8. The number of carbonyl (C=O) groups excluding carboxylic acids is 2. The minimum atomic E-state index is -0.980. The van der Waals surface area contributed by atoms with Gasteiger partial charge in [-0.1, -0.05) is 54.4 Å². The molecule has 10 heteroatoms. The molecule has 0 radical (unpaired) electrons. The number of aliphatic carboxylic acids is 1. The summed E-state index contributed by atoms with van der Waals surface area (Å²) in [5.74, 6) is -0.188. The number of aromatic amines is 1. The number of nitrogens with zero attached hydrogens (tertiary/aromatic N) is 2. The molecule has 0 spiro atoms. The molecule has 1 aromatic heterocycles. The van der Waals surface area contributed by atoms with E-state index in [0.717, 1.165) is 24.5 Å². The van der Waals surface area contributed by atoms with Crippen LogP contribution in [0.4, 0.5) is 0 Å². The van der Waals surface area contributed by atoms with Crippen molar-refractivity contribution in [2.45, 2.75) is 86.1 Å². The van der Waals surface area contributed by atoms with Gasteiger partial charge in [0, 0.05) is 25.0 Å². The highest BCUT2D eigenvalue weighted by Crippen LogP contribution is 2.05. The summed E-state index contributed by atoms with van der Waals surface area (Å²) < 4.78 is 0. The number of hydrogen-bond acceptors (Lipinski definition) is 6. The Labute approximate surface area is 217 Å². The van der Waals surface area contributed by atoms with Crippen molar-refractivity contribution >= 4 is 30.0 Å². The standard InChI is InChI=1S/C11H18N4O.C6H11NO3S.C4H10.2C2H6/c16-11(7-10-8-12-9-14-10)13-3-6-15-4-1-2-5-15;1-11-3-2-5(6(9)10)7-4-8;1-3-4-2;2*1-2/h8-9H,1-7H2,(H,12,14)(H,13,16);4-5H,2-3H2,1H3,(H,7,8)(H,9,10);3-4H2,1-2H3;2*1-2H3/t;5-;;;/m.0.../s1. The van der Waals surface area contributed by atoms with E-state index < -0.39 is 12.0 Å². The maximum absolute atomic E-state index is 11.5. The van der Waals surface area contributed by atoms with Crippen LogP contribution in [0.2, 0.25) is 0 Å². The summed E-state index contributed by atoms with van der Waals surface area (Å²) in [6.45, 7) is 16.4. The molecule has 2 rings (SSSR count). The van der Waals surface area contributed by atoms with Crippen molar-refractivity contribution in [3.63, 3.8) is 0 Å². The molecule has 1 atom stereocenters. The van der Waals surface area contributed by atoms with Crippen molar-refractivity contribution in [1.29, 1.82) is 0 Å². The number of aromatic nitrogens is 2. The molecule has 1 saturated heterocycles. The lowest BCUT2D eigenvalue weighted by Gasteiger charge is -2.14. The molecule has 0 unspecified atom stereocenters. The molecule has 2 heterocycles. The molecule has 0 aromatic carbocycles. The number of rotatable bonds is 12. The van der Waals surface area contributed by atoms with Crippen LogP contribution in [-0.2, 0) is 20.8 Å². The summed E-state index contributed by atoms with van der Waals surface area (Å²) in [4.78, 5) is 41.0. The van der Waals surface area contributed by atoms with Crippen molar-refractivity contribution < 1.29 is 19.5 Å². The van der Waals surface area contributed by atoms with Gasteiger partial charge in [-0.05, 0) is 44.4 Å². The fraction of sp³-hybridized carbons (Fsp3) is 0.760. The Kier molecular flexibility index (Phi) is 32.1. The molecule has 4 N–H and O–H groups in total. The molecular formula is C25H51N5O4S. The van der Waals surface area contributed by atoms with Crippen LogP contribution < -0.4 is 10.6 Å². The average Bonchev–Trinajstić information content (AvgIpc) is 3.59. The maximum Gasteiger partial charge on any atom is 0.326 e. The Morgan fingerprint density at radius 1 is 1.20 bits per heavy atom. The average molecular weight is 518 g/mol. The van der Waals surface area contributed by atoms with Crippen molar-refractivity contribution in [3.8, 4) is 0 Å². The lowest BCUT2D eigenvalue weighted by molar-refractivity contribution is -0.140. The highest BCUT2D eigenvalue weighted by atomic mass is 32.2. The van der Waals surface area contributed by atoms with Crippen LogP contribution in [0.15, 0.2) is 12.5 Å². The topological polar surface area (TPSA) is 127 Å². The molecule has 1 aliphatic heterocycles. The highest BCUT2D eigenvalue weighted by Gasteiger charge is 2.14. The number of carbonyl (C=O) groups is 3. The molecule has 0 saturated carbocycles. The van der Waals surface area contributed by atoms with Gasteiger partial charge in [0.15, 0.2) is 0 Å². The van der Waals surface area contributed by atoms with E-state index in [-0.39, 0.29) is 5.91 Å². The van der Waals surface area contributed by atoms with Crippen LogP contribution in [0.25, 0.3) is 0 Å². The minimum absolute atomic E-state index is 0.0587. The number of unbranched alkanes of at least 4 members (excludes halogenated alkanes) is 1. The number of carboxylic acid groups (broad SMARTS) is 1. The van der Waals surface area contributed by atoms with Gasteiger partial charge in [0.05, 0.1) is 12.7 Å². The number of thioether (sulfide) groups is 1. The van der Waals surface area contributed by atoms with Crippen LogP contribution in [0.1, 0.15) is 79.3 Å². The summed E-state index contributed by atoms with van der Waals surface area (Å²) in [7, 11) is 0. The summed E-state index contributed by atoms with van der Waals surface area (Å²) >= 11 is 1.55. The Hall–Kier alpha value is -2.07. The number of H-pyrrole nitrogens is 1. The fourth-order valence-corrected chi connectivity index (χ4v) is 3.04. The van der Waals surface area contributed by atoms with Gasteiger partial charge in [-0.3, -0.25) is 9.59 Å². The molecule has 35 heavy (non-hydrogen) atoms. The van der Waals surface area contributed by atoms with Crippen LogP contribution >= 0.6 is 11.8 Å². The second-order valence-corrected chi connectivity index (χ2v) is 8.09. The van der Waals surface area contributed by atoms with E-state index >= 15 is 0 Å². The van der Waals surface area contributed by atoms with Crippen molar-refractivity contribution in [1.82, 2.24) is 25.5 Å². The zero-order chi connectivity index (χ0) is 27.3. The number of hydrogen-bond donors (Lipinski definition) is 4. The molecule has 206 valence electrons. The van der Waals surface area contributed by atoms with Crippen molar-refractivity contribution in [3.05, 3.63) is 18.2 Å². The summed E-state index contributed by atoms with van der Waals surface area (Å²) in [5, 5.41) is 13.6. The van der Waals surface area contributed by atoms with Gasteiger partial charge in [-0.2, -0.15) is 11.8 Å². The Morgan fingerprint density at radius 2 is 1.80 bits per heavy atom. The summed E-state index contributed by atoms with van der Waals surface area (Å²) in [6, 6.07) is -0.736. The lowest BCUT2D eigenvalue weighted by Crippen LogP contribution is -2.36. The SMILES string of the molecule is CC.CC.CCCC.CSCC[C@H](NC=O)C(=O)O.O=C(Cc1cnc[nH]1)NCCN1CCCC1. The first kappa shape index (κ1) is 37.5. The molecule has 0 aliphatic carbocycles. The Morgan fingerprint density at radius 3 is 2.23 bits per heavy atom. The van der Waals surface area contributed by atoms with Crippen molar-refractivity contribution in [2.75, 3.05) is 38.2 Å². The van der Waals surface area contributed by atoms with Gasteiger partial charge < -0.3 is 25.6 Å². The van der Waals surface area contributed by atoms with E-state index in [2.05, 4.69) is 39.3 Å². The second-order valence-electron chi connectivity index (χ2n) is 7.11. The molecular weight excluding hydrogens is 466 g/mol. The molecule has 1 fully saturated rings. The van der Waals surface area contributed by atoms with Crippen LogP contribution in [0, 0.1) is 0 Å². The number of carboxylic acids is 1. The maximum atomic E-state index is 11.5. The molecule has 1 aromatic rings. The molecule has 1 aliphatic rings. The Balaban J connectivity index is -0.000000470. The van der Waals surface area contributed by atoms with E-state index in [1.54, 1.807) is 24.3 Å². The summed E-state index contributed by atoms with van der Waals surface area (Å²) in [6.07, 6.45) is 11.7. The van der Waals surface area contributed by atoms with Gasteiger partial charge in [-0.25, -0.2) is 9.78 Å². The van der Waals surface area contributed by atoms with Crippen LogP contribution in [0.3, 0.4) is 0 Å². The zero-order valence-corrected chi connectivity index (χ0v) is 23.9. The predicted octanol–water partition coefficient (Wildman–Crippen LogP) is 3.96. The molecule has 2 amide bonds. The number of nitrogens with one attached hydrogen (secondary N) is 3. The summed E-state index contributed by atoms with van der Waals surface area (Å²) in [5.41, 5.74) is 0.860. The molecule has 0 bridgehead atoms. The molecule has 9 nitrogen and oxygen atoms in total. The quantitative estimate of drug-likeness (QED) is 0.309. The first-order valence-electron chi connectivity index (χ1n) is 12.9. The largest absolute Gasteiger partial charge is 0.480 e. The predicted molar refractivity (Wildman–Crippen MR) is 148 cm³/mol. The van der Waals surface area contributed by atoms with E-state index in [1.165, 1.54) is 38.8 Å². The van der Waals surface area contributed by atoms with E-state index in [0.29, 0.717) is 19.3 Å². The van der Waals surface area contributed by atoms with Crippen LogP contribution in [-0.4, -0.2) is 82.5 Å². The first-order chi connectivity index (χ1) is 17.0. The van der Waals surface area contributed by atoms with Crippen LogP contribution in [0.5, 0.6) is 0 Å². The van der Waals surface area contributed by atoms with E-state index in [4.69, 9.17) is 5.11 Å². The van der Waals surface area contributed by atoms with Gasteiger partial charge in [0.1, 0.15) is 6.04 Å². The highest BCUT2D eigenvalue weighted by molar-refractivity contribution is 7.98. The number of amides is 2. The fourth-order valence-electron chi connectivity index (χ4n) is 2.57. The van der Waals surface area contributed by atoms with Gasteiger partial charge in [0.2, 0.25) is 12.3 Å². The minimum Gasteiger partial charge on any atom is -0.480 e. The lowest BCUT2D eigenvalue weighted by atomic mass is 10.2.